The van der Waals surface area contributed by atoms with Crippen molar-refractivity contribution >= 4 is 6.08 Å². The van der Waals surface area contributed by atoms with Crippen molar-refractivity contribution in [1.82, 2.24) is 4.98 Å². The molecule has 1 aromatic heterocycles. The molecule has 0 aliphatic carbocycles. The molecule has 1 unspecified atom stereocenters. The topological polar surface area (TPSA) is 42.4 Å². The molecule has 0 saturated heterocycles. The summed E-state index contributed by atoms with van der Waals surface area (Å²) >= 11 is 0. The van der Waals surface area contributed by atoms with Crippen molar-refractivity contribution in [3.05, 3.63) is 78.4 Å². The van der Waals surface area contributed by atoms with Crippen LogP contribution >= 0.6 is 0 Å². The van der Waals surface area contributed by atoms with Crippen LogP contribution in [0, 0.1) is 5.82 Å². The highest BCUT2D eigenvalue weighted by Gasteiger charge is 2.07. The molecular formula is C29H34FNO2. The molecule has 1 N–H and O–H groups in total. The second kappa shape index (κ2) is 12.9. The maximum absolute atomic E-state index is 14.1. The highest BCUT2D eigenvalue weighted by molar-refractivity contribution is 5.71. The van der Waals surface area contributed by atoms with E-state index < -0.39 is 5.82 Å². The number of aromatic nitrogens is 1. The fraction of sp³-hybridized carbons (Fsp3) is 0.345. The average molecular weight is 448 g/mol. The predicted octanol–water partition coefficient (Wildman–Crippen LogP) is 8.04. The van der Waals surface area contributed by atoms with Gasteiger partial charge in [-0.05, 0) is 68.0 Å². The molecule has 4 heteroatoms. The van der Waals surface area contributed by atoms with E-state index in [1.54, 1.807) is 6.07 Å². The summed E-state index contributed by atoms with van der Waals surface area (Å²) in [6.07, 6.45) is 13.3. The summed E-state index contributed by atoms with van der Waals surface area (Å²) in [5, 5.41) is 9.39. The number of aromatic hydroxyl groups is 1. The van der Waals surface area contributed by atoms with Crippen LogP contribution in [-0.4, -0.2) is 22.8 Å². The van der Waals surface area contributed by atoms with E-state index in [9.17, 15) is 9.50 Å². The largest absolute Gasteiger partial charge is 0.508 e. The Morgan fingerprint density at radius 2 is 1.73 bits per heavy atom. The van der Waals surface area contributed by atoms with Gasteiger partial charge in [-0.15, -0.1) is 0 Å². The smallest absolute Gasteiger partial charge is 0.134 e. The van der Waals surface area contributed by atoms with Crippen LogP contribution in [0.2, 0.25) is 0 Å². The number of hydrogen-bond donors (Lipinski definition) is 1. The van der Waals surface area contributed by atoms with Gasteiger partial charge in [0.25, 0.3) is 0 Å². The van der Waals surface area contributed by atoms with Gasteiger partial charge in [0.2, 0.25) is 0 Å². The summed E-state index contributed by atoms with van der Waals surface area (Å²) in [5.41, 5.74) is 4.21. The number of nitrogens with zero attached hydrogens (tertiary/aromatic N) is 1. The van der Waals surface area contributed by atoms with Crippen LogP contribution in [0.4, 0.5) is 4.39 Å². The molecule has 3 nitrogen and oxygen atoms in total. The highest BCUT2D eigenvalue weighted by Crippen LogP contribution is 2.28. The first-order valence-electron chi connectivity index (χ1n) is 11.9. The van der Waals surface area contributed by atoms with Crippen LogP contribution in [0.15, 0.2) is 66.9 Å². The number of phenols is 1. The van der Waals surface area contributed by atoms with Crippen LogP contribution in [0.25, 0.3) is 28.3 Å². The van der Waals surface area contributed by atoms with Crippen molar-refractivity contribution in [2.45, 2.75) is 58.5 Å². The molecule has 3 rings (SSSR count). The van der Waals surface area contributed by atoms with Crippen LogP contribution in [0.1, 0.15) is 58.1 Å². The summed E-state index contributed by atoms with van der Waals surface area (Å²) in [6, 6.07) is 15.9. The molecule has 0 amide bonds. The molecule has 0 aliphatic heterocycles. The molecular weight excluding hydrogens is 413 g/mol. The zero-order valence-corrected chi connectivity index (χ0v) is 19.6. The van der Waals surface area contributed by atoms with Gasteiger partial charge in [0, 0.05) is 30.0 Å². The molecule has 33 heavy (non-hydrogen) atoms. The lowest BCUT2D eigenvalue weighted by Gasteiger charge is -2.11. The SMILES string of the molecule is CCCCCOC(C)CCCC=Cc1ccc(-c2ccc(-c3ccc(O)cc3F)cc2)cn1. The van der Waals surface area contributed by atoms with E-state index in [4.69, 9.17) is 4.74 Å². The fourth-order valence-corrected chi connectivity index (χ4v) is 3.70. The Kier molecular flexibility index (Phi) is 9.64. The van der Waals surface area contributed by atoms with Crippen molar-refractivity contribution in [3.63, 3.8) is 0 Å². The summed E-state index contributed by atoms with van der Waals surface area (Å²) in [7, 11) is 0. The molecule has 0 saturated carbocycles. The van der Waals surface area contributed by atoms with Gasteiger partial charge < -0.3 is 9.84 Å². The van der Waals surface area contributed by atoms with Crippen molar-refractivity contribution < 1.29 is 14.2 Å². The normalized spacial score (nSPS) is 12.3. The molecule has 0 radical (unpaired) electrons. The minimum absolute atomic E-state index is 0.0746. The number of benzene rings is 2. The lowest BCUT2D eigenvalue weighted by molar-refractivity contribution is 0.0566. The van der Waals surface area contributed by atoms with E-state index in [-0.39, 0.29) is 5.75 Å². The van der Waals surface area contributed by atoms with Gasteiger partial charge in [-0.3, -0.25) is 4.98 Å². The number of hydrogen-bond acceptors (Lipinski definition) is 3. The van der Waals surface area contributed by atoms with Gasteiger partial charge in [-0.2, -0.15) is 0 Å². The molecule has 1 heterocycles. The van der Waals surface area contributed by atoms with Gasteiger partial charge in [0.1, 0.15) is 11.6 Å². The Labute approximate surface area is 197 Å². The molecule has 0 spiro atoms. The standard InChI is InChI=1S/C29H34FNO2/c1-3-4-8-19-33-22(2)9-6-5-7-10-26-16-15-25(21-31-26)23-11-13-24(14-12-23)28-18-17-27(32)20-29(28)30/h7,10-18,20-22,32H,3-6,8-9,19H2,1-2H3. The van der Waals surface area contributed by atoms with Gasteiger partial charge >= 0.3 is 0 Å². The van der Waals surface area contributed by atoms with Crippen molar-refractivity contribution in [3.8, 4) is 28.0 Å². The number of pyridine rings is 1. The van der Waals surface area contributed by atoms with Crippen molar-refractivity contribution in [1.29, 1.82) is 0 Å². The number of rotatable bonds is 12. The number of halogens is 1. The van der Waals surface area contributed by atoms with Gasteiger partial charge in [0.15, 0.2) is 0 Å². The quantitative estimate of drug-likeness (QED) is 0.286. The second-order valence-corrected chi connectivity index (χ2v) is 8.44. The lowest BCUT2D eigenvalue weighted by Crippen LogP contribution is -2.08. The van der Waals surface area contributed by atoms with Crippen LogP contribution < -0.4 is 0 Å². The summed E-state index contributed by atoms with van der Waals surface area (Å²) in [5.74, 6) is -0.510. The van der Waals surface area contributed by atoms with E-state index in [2.05, 4.69) is 37.0 Å². The number of phenolic OH excluding ortho intramolecular Hbond substituents is 1. The third kappa shape index (κ3) is 7.83. The fourth-order valence-electron chi connectivity index (χ4n) is 3.70. The Morgan fingerprint density at radius 1 is 0.970 bits per heavy atom. The second-order valence-electron chi connectivity index (χ2n) is 8.44. The van der Waals surface area contributed by atoms with Gasteiger partial charge in [0.05, 0.1) is 11.8 Å². The number of ether oxygens (including phenoxy) is 1. The monoisotopic (exact) mass is 447 g/mol. The molecule has 3 aromatic rings. The highest BCUT2D eigenvalue weighted by atomic mass is 19.1. The minimum atomic E-state index is -0.436. The average Bonchev–Trinajstić information content (AvgIpc) is 2.82. The van der Waals surface area contributed by atoms with Crippen LogP contribution in [0.3, 0.4) is 0 Å². The molecule has 2 aromatic carbocycles. The zero-order valence-electron chi connectivity index (χ0n) is 19.6. The maximum atomic E-state index is 14.1. The number of allylic oxidation sites excluding steroid dienone is 1. The lowest BCUT2D eigenvalue weighted by atomic mass is 10.0. The van der Waals surface area contributed by atoms with Crippen molar-refractivity contribution in [2.24, 2.45) is 0 Å². The Balaban J connectivity index is 1.48. The van der Waals surface area contributed by atoms with Gasteiger partial charge in [-0.1, -0.05) is 56.2 Å². The Hall–Kier alpha value is -2.98. The van der Waals surface area contributed by atoms with E-state index in [0.717, 1.165) is 60.7 Å². The Morgan fingerprint density at radius 3 is 2.42 bits per heavy atom. The number of unbranched alkanes of at least 4 members (excludes halogenated alkanes) is 3. The van der Waals surface area contributed by atoms with E-state index in [1.807, 2.05) is 36.5 Å². The van der Waals surface area contributed by atoms with Crippen LogP contribution in [0.5, 0.6) is 5.75 Å². The third-order valence-electron chi connectivity index (χ3n) is 5.69. The molecule has 0 bridgehead atoms. The first kappa shape index (κ1) is 24.7. The summed E-state index contributed by atoms with van der Waals surface area (Å²) in [6.45, 7) is 5.24. The molecule has 0 fully saturated rings. The zero-order chi connectivity index (χ0) is 23.5. The van der Waals surface area contributed by atoms with Gasteiger partial charge in [-0.25, -0.2) is 4.39 Å². The first-order valence-corrected chi connectivity index (χ1v) is 11.9. The van der Waals surface area contributed by atoms with Crippen LogP contribution in [-0.2, 0) is 4.74 Å². The van der Waals surface area contributed by atoms with E-state index in [1.165, 1.54) is 18.9 Å². The molecule has 1 atom stereocenters. The third-order valence-corrected chi connectivity index (χ3v) is 5.69. The molecule has 0 aliphatic rings. The predicted molar refractivity (Wildman–Crippen MR) is 135 cm³/mol. The van der Waals surface area contributed by atoms with E-state index >= 15 is 0 Å². The summed E-state index contributed by atoms with van der Waals surface area (Å²) in [4.78, 5) is 4.55. The summed E-state index contributed by atoms with van der Waals surface area (Å²) < 4.78 is 19.9. The van der Waals surface area contributed by atoms with Crippen molar-refractivity contribution in [2.75, 3.05) is 6.61 Å². The first-order chi connectivity index (χ1) is 16.1. The molecule has 174 valence electrons. The van der Waals surface area contributed by atoms with E-state index in [0.29, 0.717) is 11.7 Å². The Bertz CT molecular complexity index is 1010. The maximum Gasteiger partial charge on any atom is 0.134 e. The minimum Gasteiger partial charge on any atom is -0.508 e.